The third kappa shape index (κ3) is 3.61. The van der Waals surface area contributed by atoms with Crippen LogP contribution in [-0.4, -0.2) is 21.3 Å². The molecule has 1 unspecified atom stereocenters. The lowest BCUT2D eigenvalue weighted by Crippen LogP contribution is -2.18. The summed E-state index contributed by atoms with van der Waals surface area (Å²) in [6.07, 6.45) is 0. The van der Waals surface area contributed by atoms with Crippen LogP contribution in [0.25, 0.3) is 0 Å². The van der Waals surface area contributed by atoms with Gasteiger partial charge in [0.05, 0.1) is 0 Å². The molecule has 0 spiro atoms. The zero-order chi connectivity index (χ0) is 15.4. The van der Waals surface area contributed by atoms with E-state index in [4.69, 9.17) is 4.74 Å². The highest BCUT2D eigenvalue weighted by atomic mass is 16.5. The molecule has 0 aliphatic rings. The molecule has 0 amide bonds. The number of nitrogens with one attached hydrogen (secondary N) is 1. The molecule has 0 aliphatic heterocycles. The SMILES string of the molecule is CCNC(C)c1ccc(C)cc1OCc1nnc(C)n1C. The lowest BCUT2D eigenvalue weighted by atomic mass is 10.0. The van der Waals surface area contributed by atoms with Gasteiger partial charge in [-0.15, -0.1) is 10.2 Å². The molecule has 2 rings (SSSR count). The minimum absolute atomic E-state index is 0.256. The van der Waals surface area contributed by atoms with Crippen LogP contribution in [0, 0.1) is 13.8 Å². The summed E-state index contributed by atoms with van der Waals surface area (Å²) in [6.45, 7) is 9.60. The van der Waals surface area contributed by atoms with E-state index in [-0.39, 0.29) is 6.04 Å². The van der Waals surface area contributed by atoms with Crippen molar-refractivity contribution < 1.29 is 4.74 Å². The smallest absolute Gasteiger partial charge is 0.170 e. The number of ether oxygens (including phenoxy) is 1. The van der Waals surface area contributed by atoms with Crippen LogP contribution >= 0.6 is 0 Å². The predicted octanol–water partition coefficient (Wildman–Crippen LogP) is 2.68. The van der Waals surface area contributed by atoms with E-state index in [1.165, 1.54) is 11.1 Å². The molecule has 5 nitrogen and oxygen atoms in total. The number of rotatable bonds is 6. The lowest BCUT2D eigenvalue weighted by Gasteiger charge is -2.18. The largest absolute Gasteiger partial charge is 0.485 e. The Balaban J connectivity index is 2.18. The summed E-state index contributed by atoms with van der Waals surface area (Å²) in [6, 6.07) is 6.57. The van der Waals surface area contributed by atoms with E-state index in [0.29, 0.717) is 6.61 Å². The second-order valence-electron chi connectivity index (χ2n) is 5.33. The summed E-state index contributed by atoms with van der Waals surface area (Å²) in [5, 5.41) is 11.6. The fourth-order valence-electron chi connectivity index (χ4n) is 2.26. The molecule has 0 radical (unpaired) electrons. The molecular weight excluding hydrogens is 264 g/mol. The zero-order valence-corrected chi connectivity index (χ0v) is 13.5. The maximum absolute atomic E-state index is 6.00. The number of hydrogen-bond acceptors (Lipinski definition) is 4. The van der Waals surface area contributed by atoms with Gasteiger partial charge in [-0.05, 0) is 38.9 Å². The van der Waals surface area contributed by atoms with E-state index in [1.807, 2.05) is 18.5 Å². The van der Waals surface area contributed by atoms with Crippen LogP contribution in [-0.2, 0) is 13.7 Å². The van der Waals surface area contributed by atoms with Gasteiger partial charge in [-0.3, -0.25) is 0 Å². The molecule has 114 valence electrons. The van der Waals surface area contributed by atoms with Crippen molar-refractivity contribution >= 4 is 0 Å². The van der Waals surface area contributed by atoms with Crippen LogP contribution in [0.4, 0.5) is 0 Å². The van der Waals surface area contributed by atoms with Crippen molar-refractivity contribution in [3.8, 4) is 5.75 Å². The standard InChI is InChI=1S/C16H24N4O/c1-6-17-12(3)14-8-7-11(2)9-15(14)21-10-16-19-18-13(4)20(16)5/h7-9,12,17H,6,10H2,1-5H3. The second kappa shape index (κ2) is 6.72. The molecule has 1 heterocycles. The quantitative estimate of drug-likeness (QED) is 0.888. The van der Waals surface area contributed by atoms with E-state index in [2.05, 4.69) is 54.5 Å². The van der Waals surface area contributed by atoms with E-state index >= 15 is 0 Å². The van der Waals surface area contributed by atoms with Crippen LogP contribution in [0.5, 0.6) is 5.75 Å². The topological polar surface area (TPSA) is 52.0 Å². The fourth-order valence-corrected chi connectivity index (χ4v) is 2.26. The Kier molecular flexibility index (Phi) is 4.96. The highest BCUT2D eigenvalue weighted by Crippen LogP contribution is 2.27. The van der Waals surface area contributed by atoms with Crippen molar-refractivity contribution in [3.05, 3.63) is 41.0 Å². The van der Waals surface area contributed by atoms with Crippen LogP contribution in [0.15, 0.2) is 18.2 Å². The van der Waals surface area contributed by atoms with Crippen molar-refractivity contribution in [1.82, 2.24) is 20.1 Å². The maximum Gasteiger partial charge on any atom is 0.170 e. The van der Waals surface area contributed by atoms with Crippen LogP contribution < -0.4 is 10.1 Å². The monoisotopic (exact) mass is 288 g/mol. The third-order valence-corrected chi connectivity index (χ3v) is 3.69. The first-order chi connectivity index (χ1) is 10.0. The maximum atomic E-state index is 6.00. The molecule has 21 heavy (non-hydrogen) atoms. The fraction of sp³-hybridized carbons (Fsp3) is 0.500. The second-order valence-corrected chi connectivity index (χ2v) is 5.33. The molecule has 0 saturated carbocycles. The third-order valence-electron chi connectivity index (χ3n) is 3.69. The van der Waals surface area contributed by atoms with Crippen molar-refractivity contribution in [2.45, 2.75) is 40.3 Å². The van der Waals surface area contributed by atoms with Crippen molar-refractivity contribution in [1.29, 1.82) is 0 Å². The molecule has 0 fully saturated rings. The van der Waals surface area contributed by atoms with E-state index < -0.39 is 0 Å². The molecule has 0 saturated heterocycles. The Morgan fingerprint density at radius 1 is 1.29 bits per heavy atom. The molecule has 1 aromatic heterocycles. The van der Waals surface area contributed by atoms with Gasteiger partial charge < -0.3 is 14.6 Å². The first-order valence-corrected chi connectivity index (χ1v) is 7.34. The number of nitrogens with zero attached hydrogens (tertiary/aromatic N) is 3. The first-order valence-electron chi connectivity index (χ1n) is 7.34. The van der Waals surface area contributed by atoms with E-state index in [0.717, 1.165) is 23.9 Å². The Labute approximate surface area is 126 Å². The Hall–Kier alpha value is -1.88. The van der Waals surface area contributed by atoms with Crippen LogP contribution in [0.2, 0.25) is 0 Å². The summed E-state index contributed by atoms with van der Waals surface area (Å²) in [7, 11) is 1.95. The average Bonchev–Trinajstić information content (AvgIpc) is 2.77. The molecule has 1 N–H and O–H groups in total. The summed E-state index contributed by atoms with van der Waals surface area (Å²) in [5.41, 5.74) is 2.35. The highest BCUT2D eigenvalue weighted by Gasteiger charge is 2.13. The zero-order valence-electron chi connectivity index (χ0n) is 13.5. The van der Waals surface area contributed by atoms with Crippen molar-refractivity contribution in [2.75, 3.05) is 6.54 Å². The predicted molar refractivity (Wildman–Crippen MR) is 83.3 cm³/mol. The van der Waals surface area contributed by atoms with E-state index in [9.17, 15) is 0 Å². The highest BCUT2D eigenvalue weighted by molar-refractivity contribution is 5.39. The van der Waals surface area contributed by atoms with Crippen molar-refractivity contribution in [2.24, 2.45) is 7.05 Å². The molecule has 1 aromatic carbocycles. The Bertz CT molecular complexity index is 606. The molecule has 0 aliphatic carbocycles. The van der Waals surface area contributed by atoms with Gasteiger partial charge in [0.2, 0.25) is 0 Å². The first kappa shape index (κ1) is 15.5. The number of benzene rings is 1. The minimum atomic E-state index is 0.256. The summed E-state index contributed by atoms with van der Waals surface area (Å²) in [5.74, 6) is 2.62. The van der Waals surface area contributed by atoms with Crippen LogP contribution in [0.3, 0.4) is 0 Å². The summed E-state index contributed by atoms with van der Waals surface area (Å²) < 4.78 is 7.95. The summed E-state index contributed by atoms with van der Waals surface area (Å²) >= 11 is 0. The molecule has 2 aromatic rings. The number of aromatic nitrogens is 3. The Morgan fingerprint density at radius 2 is 2.05 bits per heavy atom. The van der Waals surface area contributed by atoms with Crippen LogP contribution in [0.1, 0.15) is 42.7 Å². The van der Waals surface area contributed by atoms with Gasteiger partial charge in [-0.1, -0.05) is 19.1 Å². The van der Waals surface area contributed by atoms with E-state index in [1.54, 1.807) is 0 Å². The lowest BCUT2D eigenvalue weighted by molar-refractivity contribution is 0.285. The van der Waals surface area contributed by atoms with Gasteiger partial charge in [0.25, 0.3) is 0 Å². The number of aryl methyl sites for hydroxylation is 2. The average molecular weight is 288 g/mol. The Morgan fingerprint density at radius 3 is 2.67 bits per heavy atom. The number of hydrogen-bond donors (Lipinski definition) is 1. The molecule has 0 bridgehead atoms. The van der Waals surface area contributed by atoms with Gasteiger partial charge in [0.1, 0.15) is 18.2 Å². The molecule has 5 heteroatoms. The van der Waals surface area contributed by atoms with Crippen molar-refractivity contribution in [3.63, 3.8) is 0 Å². The van der Waals surface area contributed by atoms with Gasteiger partial charge >= 0.3 is 0 Å². The van der Waals surface area contributed by atoms with Gasteiger partial charge in [-0.2, -0.15) is 0 Å². The normalized spacial score (nSPS) is 12.4. The minimum Gasteiger partial charge on any atom is -0.485 e. The van der Waals surface area contributed by atoms with Gasteiger partial charge in [0.15, 0.2) is 5.82 Å². The molecule has 1 atom stereocenters. The summed E-state index contributed by atoms with van der Waals surface area (Å²) in [4.78, 5) is 0. The van der Waals surface area contributed by atoms with Gasteiger partial charge in [-0.25, -0.2) is 0 Å². The molecular formula is C16H24N4O. The van der Waals surface area contributed by atoms with Gasteiger partial charge in [0, 0.05) is 18.7 Å².